The number of ether oxygens (including phenoxy) is 1. The molecule has 0 fully saturated rings. The molecule has 0 aliphatic carbocycles. The third kappa shape index (κ3) is 2.76. The zero-order chi connectivity index (χ0) is 14.0. The minimum absolute atomic E-state index is 0.0152. The van der Waals surface area contributed by atoms with Crippen LogP contribution in [-0.4, -0.2) is 16.8 Å². The second kappa shape index (κ2) is 5.40. The Morgan fingerprint density at radius 1 is 1.26 bits per heavy atom. The van der Waals surface area contributed by atoms with Gasteiger partial charge in [-0.15, -0.1) is 0 Å². The minimum Gasteiger partial charge on any atom is -0.506 e. The lowest BCUT2D eigenvalue weighted by atomic mass is 10.3. The molecule has 0 atom stereocenters. The molecule has 0 radical (unpaired) electrons. The van der Waals surface area contributed by atoms with E-state index in [4.69, 9.17) is 4.74 Å². The van der Waals surface area contributed by atoms with Crippen LogP contribution in [0.15, 0.2) is 44.9 Å². The van der Waals surface area contributed by atoms with Crippen molar-refractivity contribution in [1.82, 2.24) is 4.57 Å². The summed E-state index contributed by atoms with van der Waals surface area (Å²) < 4.78 is 6.60. The molecule has 1 aromatic heterocycles. The summed E-state index contributed by atoms with van der Waals surface area (Å²) in [5.74, 6) is 0.770. The first-order chi connectivity index (χ1) is 9.02. The summed E-state index contributed by atoms with van der Waals surface area (Å²) in [4.78, 5) is 13.3. The average Bonchev–Trinajstić information content (AvgIpc) is 2.42. The number of benzene rings is 1. The largest absolute Gasteiger partial charge is 0.506 e. The second-order valence-corrected chi connectivity index (χ2v) is 5.23. The van der Waals surface area contributed by atoms with Gasteiger partial charge in [0, 0.05) is 23.7 Å². The summed E-state index contributed by atoms with van der Waals surface area (Å²) in [6.07, 6.45) is 0. The number of pyridine rings is 1. The predicted octanol–water partition coefficient (Wildman–Crippen LogP) is 2.56. The molecule has 100 valence electrons. The highest BCUT2D eigenvalue weighted by atomic mass is 32.2. The molecule has 4 nitrogen and oxygen atoms in total. The molecule has 0 bridgehead atoms. The van der Waals surface area contributed by atoms with Crippen molar-refractivity contribution in [3.05, 3.63) is 46.4 Å². The molecule has 0 spiro atoms. The number of nitrogens with zero attached hydrogens (tertiary/aromatic N) is 1. The lowest BCUT2D eigenvalue weighted by Crippen LogP contribution is -2.20. The highest BCUT2D eigenvalue weighted by Gasteiger charge is 2.12. The second-order valence-electron chi connectivity index (χ2n) is 4.14. The molecule has 1 heterocycles. The van der Waals surface area contributed by atoms with E-state index in [1.54, 1.807) is 27.1 Å². The van der Waals surface area contributed by atoms with Crippen LogP contribution in [0.4, 0.5) is 0 Å². The molecule has 2 rings (SSSR count). The molecule has 0 amide bonds. The minimum atomic E-state index is -0.196. The Morgan fingerprint density at radius 3 is 2.47 bits per heavy atom. The van der Waals surface area contributed by atoms with Gasteiger partial charge in [0.2, 0.25) is 0 Å². The number of aromatic hydroxyl groups is 1. The van der Waals surface area contributed by atoms with E-state index in [9.17, 15) is 9.90 Å². The molecule has 0 saturated carbocycles. The number of methoxy groups -OCH3 is 1. The number of rotatable bonds is 3. The van der Waals surface area contributed by atoms with Gasteiger partial charge in [0.05, 0.1) is 7.11 Å². The summed E-state index contributed by atoms with van der Waals surface area (Å²) in [6.45, 7) is 1.78. The van der Waals surface area contributed by atoms with Gasteiger partial charge in [0.1, 0.15) is 16.4 Å². The van der Waals surface area contributed by atoms with E-state index in [0.717, 1.165) is 16.3 Å². The zero-order valence-electron chi connectivity index (χ0n) is 11.0. The van der Waals surface area contributed by atoms with Crippen LogP contribution in [-0.2, 0) is 7.05 Å². The van der Waals surface area contributed by atoms with Gasteiger partial charge in [-0.05, 0) is 31.2 Å². The third-order valence-corrected chi connectivity index (χ3v) is 3.98. The molecule has 19 heavy (non-hydrogen) atoms. The van der Waals surface area contributed by atoms with Crippen molar-refractivity contribution in [2.45, 2.75) is 16.7 Å². The van der Waals surface area contributed by atoms with Gasteiger partial charge in [-0.1, -0.05) is 11.8 Å². The van der Waals surface area contributed by atoms with Crippen molar-refractivity contribution in [3.63, 3.8) is 0 Å². The number of aryl methyl sites for hydroxylation is 1. The number of hydrogen-bond acceptors (Lipinski definition) is 4. The van der Waals surface area contributed by atoms with Crippen LogP contribution in [0.25, 0.3) is 0 Å². The van der Waals surface area contributed by atoms with E-state index in [1.165, 1.54) is 16.3 Å². The van der Waals surface area contributed by atoms with Crippen molar-refractivity contribution in [1.29, 1.82) is 0 Å². The number of hydrogen-bond donors (Lipinski definition) is 1. The third-order valence-electron chi connectivity index (χ3n) is 2.89. The highest BCUT2D eigenvalue weighted by Crippen LogP contribution is 2.32. The van der Waals surface area contributed by atoms with Crippen LogP contribution in [0.1, 0.15) is 5.69 Å². The standard InChI is InChI=1S/C14H15NO3S/c1-9-8-12(16)13(14(17)15(9)2)19-11-6-4-10(18-3)5-7-11/h4-8,16H,1-3H3. The molecule has 1 aromatic carbocycles. The Balaban J connectivity index is 2.38. The normalized spacial score (nSPS) is 10.5. The first kappa shape index (κ1) is 13.5. The van der Waals surface area contributed by atoms with Gasteiger partial charge in [-0.3, -0.25) is 4.79 Å². The fourth-order valence-corrected chi connectivity index (χ4v) is 2.54. The van der Waals surface area contributed by atoms with E-state index < -0.39 is 0 Å². The maximum absolute atomic E-state index is 12.1. The van der Waals surface area contributed by atoms with Crippen LogP contribution in [0, 0.1) is 6.92 Å². The summed E-state index contributed by atoms with van der Waals surface area (Å²) in [5.41, 5.74) is 0.528. The SMILES string of the molecule is COc1ccc(Sc2c(O)cc(C)n(C)c2=O)cc1. The van der Waals surface area contributed by atoms with Crippen LogP contribution in [0.3, 0.4) is 0 Å². The first-order valence-corrected chi connectivity index (χ1v) is 6.56. The molecule has 0 aliphatic heterocycles. The summed E-state index contributed by atoms with van der Waals surface area (Å²) in [5, 5.41) is 9.90. The molecular formula is C14H15NO3S. The van der Waals surface area contributed by atoms with Crippen molar-refractivity contribution < 1.29 is 9.84 Å². The van der Waals surface area contributed by atoms with Crippen LogP contribution in [0.2, 0.25) is 0 Å². The Morgan fingerprint density at radius 2 is 1.89 bits per heavy atom. The molecular weight excluding hydrogens is 262 g/mol. The van der Waals surface area contributed by atoms with Crippen molar-refractivity contribution in [2.75, 3.05) is 7.11 Å². The lowest BCUT2D eigenvalue weighted by Gasteiger charge is -2.09. The van der Waals surface area contributed by atoms with Gasteiger partial charge >= 0.3 is 0 Å². The van der Waals surface area contributed by atoms with Crippen LogP contribution in [0.5, 0.6) is 11.5 Å². The smallest absolute Gasteiger partial charge is 0.268 e. The molecule has 0 aliphatic rings. The molecule has 0 unspecified atom stereocenters. The number of aromatic nitrogens is 1. The van der Waals surface area contributed by atoms with Gasteiger partial charge < -0.3 is 14.4 Å². The molecule has 1 N–H and O–H groups in total. The van der Waals surface area contributed by atoms with E-state index in [1.807, 2.05) is 24.3 Å². The van der Waals surface area contributed by atoms with Gasteiger partial charge in [-0.25, -0.2) is 0 Å². The summed E-state index contributed by atoms with van der Waals surface area (Å²) >= 11 is 1.24. The quantitative estimate of drug-likeness (QED) is 0.936. The molecule has 2 aromatic rings. The molecule has 0 saturated heterocycles. The Kier molecular flexibility index (Phi) is 3.85. The zero-order valence-corrected chi connectivity index (χ0v) is 11.8. The van der Waals surface area contributed by atoms with E-state index >= 15 is 0 Å². The fraction of sp³-hybridized carbons (Fsp3) is 0.214. The topological polar surface area (TPSA) is 51.5 Å². The highest BCUT2D eigenvalue weighted by molar-refractivity contribution is 7.99. The summed E-state index contributed by atoms with van der Waals surface area (Å²) in [6, 6.07) is 8.92. The Bertz CT molecular complexity index is 647. The Hall–Kier alpha value is -1.88. The average molecular weight is 277 g/mol. The van der Waals surface area contributed by atoms with Gasteiger partial charge in [-0.2, -0.15) is 0 Å². The Labute approximate surface area is 115 Å². The van der Waals surface area contributed by atoms with E-state index in [2.05, 4.69) is 0 Å². The first-order valence-electron chi connectivity index (χ1n) is 5.74. The van der Waals surface area contributed by atoms with Crippen molar-refractivity contribution >= 4 is 11.8 Å². The van der Waals surface area contributed by atoms with Gasteiger partial charge in [0.25, 0.3) is 5.56 Å². The predicted molar refractivity (Wildman–Crippen MR) is 75.2 cm³/mol. The van der Waals surface area contributed by atoms with Crippen molar-refractivity contribution in [2.24, 2.45) is 7.05 Å². The maximum atomic E-state index is 12.1. The van der Waals surface area contributed by atoms with Crippen LogP contribution >= 0.6 is 11.8 Å². The lowest BCUT2D eigenvalue weighted by molar-refractivity contribution is 0.414. The van der Waals surface area contributed by atoms with Crippen molar-refractivity contribution in [3.8, 4) is 11.5 Å². The van der Waals surface area contributed by atoms with E-state index in [-0.39, 0.29) is 11.3 Å². The van der Waals surface area contributed by atoms with E-state index in [0.29, 0.717) is 4.90 Å². The molecule has 5 heteroatoms. The fourth-order valence-electron chi connectivity index (χ4n) is 1.64. The summed E-state index contributed by atoms with van der Waals surface area (Å²) in [7, 11) is 3.29. The van der Waals surface area contributed by atoms with Crippen LogP contribution < -0.4 is 10.3 Å². The van der Waals surface area contributed by atoms with Gasteiger partial charge in [0.15, 0.2) is 0 Å². The maximum Gasteiger partial charge on any atom is 0.268 e. The monoisotopic (exact) mass is 277 g/mol.